The molecular formula is C10H14BrN5O. The molecule has 17 heavy (non-hydrogen) atoms. The molecule has 0 radical (unpaired) electrons. The number of aromatic nitrogens is 5. The number of hydrogen-bond acceptors (Lipinski definition) is 5. The monoisotopic (exact) mass is 299 g/mol. The second kappa shape index (κ2) is 5.90. The third-order valence-corrected chi connectivity index (χ3v) is 2.61. The van der Waals surface area contributed by atoms with Gasteiger partial charge in [0.1, 0.15) is 6.54 Å². The number of alkyl halides is 1. The zero-order chi connectivity index (χ0) is 12.1. The summed E-state index contributed by atoms with van der Waals surface area (Å²) in [5, 5.41) is 12.8. The fourth-order valence-electron chi connectivity index (χ4n) is 1.44. The Labute approximate surface area is 108 Å². The van der Waals surface area contributed by atoms with Crippen LogP contribution in [0.5, 0.6) is 0 Å². The number of rotatable bonds is 6. The first kappa shape index (κ1) is 12.2. The van der Waals surface area contributed by atoms with Crippen molar-refractivity contribution in [1.29, 1.82) is 0 Å². The Morgan fingerprint density at radius 3 is 3.06 bits per heavy atom. The SMILES string of the molecule is CCCc1nc(Cn2cc(CCBr)nn2)no1. The maximum atomic E-state index is 5.10. The van der Waals surface area contributed by atoms with E-state index in [1.54, 1.807) is 4.68 Å². The molecule has 0 saturated carbocycles. The van der Waals surface area contributed by atoms with Crippen LogP contribution in [0.2, 0.25) is 0 Å². The van der Waals surface area contributed by atoms with Crippen LogP contribution in [0.1, 0.15) is 30.8 Å². The number of hydrogen-bond donors (Lipinski definition) is 0. The van der Waals surface area contributed by atoms with Gasteiger partial charge in [-0.3, -0.25) is 0 Å². The lowest BCUT2D eigenvalue weighted by Gasteiger charge is -1.92. The Morgan fingerprint density at radius 2 is 2.29 bits per heavy atom. The molecule has 6 nitrogen and oxygen atoms in total. The molecule has 0 N–H and O–H groups in total. The molecule has 0 aliphatic rings. The van der Waals surface area contributed by atoms with Crippen molar-refractivity contribution in [1.82, 2.24) is 25.1 Å². The average Bonchev–Trinajstić information content (AvgIpc) is 2.91. The van der Waals surface area contributed by atoms with Crippen LogP contribution < -0.4 is 0 Å². The van der Waals surface area contributed by atoms with E-state index in [1.165, 1.54) is 0 Å². The van der Waals surface area contributed by atoms with Gasteiger partial charge in [-0.2, -0.15) is 4.98 Å². The van der Waals surface area contributed by atoms with Crippen LogP contribution in [0.25, 0.3) is 0 Å². The summed E-state index contributed by atoms with van der Waals surface area (Å²) in [6.45, 7) is 2.58. The predicted octanol–water partition coefficient (Wildman–Crippen LogP) is 1.60. The molecule has 0 unspecified atom stereocenters. The molecular weight excluding hydrogens is 286 g/mol. The third-order valence-electron chi connectivity index (χ3n) is 2.21. The maximum absolute atomic E-state index is 5.10. The summed E-state index contributed by atoms with van der Waals surface area (Å²) in [7, 11) is 0. The van der Waals surface area contributed by atoms with Crippen molar-refractivity contribution in [2.45, 2.75) is 32.7 Å². The standard InChI is InChI=1S/C10H14BrN5O/c1-2-3-10-12-9(14-17-10)7-16-6-8(4-5-11)13-15-16/h6H,2-5,7H2,1H3. The van der Waals surface area contributed by atoms with Crippen LogP contribution in [-0.4, -0.2) is 30.5 Å². The van der Waals surface area contributed by atoms with Crippen molar-refractivity contribution in [3.05, 3.63) is 23.6 Å². The van der Waals surface area contributed by atoms with Crippen LogP contribution in [0, 0.1) is 0 Å². The summed E-state index contributed by atoms with van der Waals surface area (Å²) < 4.78 is 6.82. The van der Waals surface area contributed by atoms with Gasteiger partial charge in [0.15, 0.2) is 5.82 Å². The highest BCUT2D eigenvalue weighted by molar-refractivity contribution is 9.09. The van der Waals surface area contributed by atoms with E-state index in [0.29, 0.717) is 18.3 Å². The quantitative estimate of drug-likeness (QED) is 0.758. The fourth-order valence-corrected chi connectivity index (χ4v) is 1.85. The van der Waals surface area contributed by atoms with Gasteiger partial charge in [0, 0.05) is 24.4 Å². The summed E-state index contributed by atoms with van der Waals surface area (Å²) in [5.41, 5.74) is 0.958. The molecule has 2 aromatic heterocycles. The van der Waals surface area contributed by atoms with E-state index < -0.39 is 0 Å². The highest BCUT2D eigenvalue weighted by Gasteiger charge is 2.07. The Kier molecular flexibility index (Phi) is 4.24. The minimum absolute atomic E-state index is 0.502. The van der Waals surface area contributed by atoms with Crippen LogP contribution in [0.4, 0.5) is 0 Å². The van der Waals surface area contributed by atoms with Crippen LogP contribution in [-0.2, 0) is 19.4 Å². The van der Waals surface area contributed by atoms with Crippen molar-refractivity contribution >= 4 is 15.9 Å². The molecule has 7 heteroatoms. The van der Waals surface area contributed by atoms with E-state index >= 15 is 0 Å². The lowest BCUT2D eigenvalue weighted by molar-refractivity contribution is 0.370. The lowest BCUT2D eigenvalue weighted by Crippen LogP contribution is -2.02. The van der Waals surface area contributed by atoms with Gasteiger partial charge in [-0.15, -0.1) is 5.10 Å². The Balaban J connectivity index is 1.98. The Bertz CT molecular complexity index is 424. The fraction of sp³-hybridized carbons (Fsp3) is 0.600. The highest BCUT2D eigenvalue weighted by atomic mass is 79.9. The first-order chi connectivity index (χ1) is 8.31. The van der Waals surface area contributed by atoms with Crippen LogP contribution >= 0.6 is 15.9 Å². The zero-order valence-electron chi connectivity index (χ0n) is 9.64. The second-order valence-corrected chi connectivity index (χ2v) is 4.49. The zero-order valence-corrected chi connectivity index (χ0v) is 11.2. The van der Waals surface area contributed by atoms with E-state index in [2.05, 4.69) is 43.3 Å². The molecule has 2 rings (SSSR count). The van der Waals surface area contributed by atoms with E-state index in [0.717, 1.165) is 30.3 Å². The molecule has 2 aromatic rings. The second-order valence-electron chi connectivity index (χ2n) is 3.70. The normalized spacial score (nSPS) is 10.9. The van der Waals surface area contributed by atoms with E-state index in [9.17, 15) is 0 Å². The summed E-state index contributed by atoms with van der Waals surface area (Å²) in [4.78, 5) is 4.27. The molecule has 0 saturated heterocycles. The van der Waals surface area contributed by atoms with Gasteiger partial charge < -0.3 is 4.52 Å². The van der Waals surface area contributed by atoms with Gasteiger partial charge in [-0.25, -0.2) is 4.68 Å². The van der Waals surface area contributed by atoms with Crippen LogP contribution in [0.3, 0.4) is 0 Å². The van der Waals surface area contributed by atoms with Crippen molar-refractivity contribution in [2.24, 2.45) is 0 Å². The summed E-state index contributed by atoms with van der Waals surface area (Å²) in [6, 6.07) is 0. The molecule has 0 aliphatic heterocycles. The number of aryl methyl sites for hydroxylation is 2. The largest absolute Gasteiger partial charge is 0.339 e. The maximum Gasteiger partial charge on any atom is 0.226 e. The van der Waals surface area contributed by atoms with E-state index in [1.807, 2.05) is 6.20 Å². The third kappa shape index (κ3) is 3.36. The first-order valence-electron chi connectivity index (χ1n) is 5.58. The highest BCUT2D eigenvalue weighted by Crippen LogP contribution is 2.03. The molecule has 0 spiro atoms. The molecule has 0 atom stereocenters. The van der Waals surface area contributed by atoms with Gasteiger partial charge in [-0.05, 0) is 6.42 Å². The van der Waals surface area contributed by atoms with Crippen molar-refractivity contribution in [3.63, 3.8) is 0 Å². The van der Waals surface area contributed by atoms with Gasteiger partial charge >= 0.3 is 0 Å². The van der Waals surface area contributed by atoms with Gasteiger partial charge in [0.25, 0.3) is 0 Å². The molecule has 0 fully saturated rings. The van der Waals surface area contributed by atoms with Crippen LogP contribution in [0.15, 0.2) is 10.7 Å². The summed E-state index contributed by atoms with van der Waals surface area (Å²) in [6.07, 6.45) is 4.59. The summed E-state index contributed by atoms with van der Waals surface area (Å²) in [5.74, 6) is 1.33. The predicted molar refractivity (Wildman–Crippen MR) is 64.9 cm³/mol. The minimum atomic E-state index is 0.502. The van der Waals surface area contributed by atoms with E-state index in [4.69, 9.17) is 4.52 Å². The topological polar surface area (TPSA) is 69.6 Å². The first-order valence-corrected chi connectivity index (χ1v) is 6.70. The molecule has 92 valence electrons. The minimum Gasteiger partial charge on any atom is -0.339 e. The molecule has 0 aliphatic carbocycles. The van der Waals surface area contributed by atoms with E-state index in [-0.39, 0.29) is 0 Å². The molecule has 0 amide bonds. The average molecular weight is 300 g/mol. The van der Waals surface area contributed by atoms with Crippen molar-refractivity contribution in [2.75, 3.05) is 5.33 Å². The van der Waals surface area contributed by atoms with Crippen molar-refractivity contribution < 1.29 is 4.52 Å². The molecule has 2 heterocycles. The van der Waals surface area contributed by atoms with Gasteiger partial charge in [-0.1, -0.05) is 33.2 Å². The van der Waals surface area contributed by atoms with Gasteiger partial charge in [0.2, 0.25) is 5.89 Å². The Hall–Kier alpha value is -1.24. The number of nitrogens with zero attached hydrogens (tertiary/aromatic N) is 5. The smallest absolute Gasteiger partial charge is 0.226 e. The van der Waals surface area contributed by atoms with Gasteiger partial charge in [0.05, 0.1) is 5.69 Å². The lowest BCUT2D eigenvalue weighted by atomic mass is 10.3. The van der Waals surface area contributed by atoms with Crippen molar-refractivity contribution in [3.8, 4) is 0 Å². The molecule has 0 bridgehead atoms. The Morgan fingerprint density at radius 1 is 1.41 bits per heavy atom. The summed E-state index contributed by atoms with van der Waals surface area (Å²) >= 11 is 3.37. The molecule has 0 aromatic carbocycles. The number of halogens is 1.